The number of nitro groups is 1. The molecule has 0 aromatic heterocycles. The van der Waals surface area contributed by atoms with Gasteiger partial charge < -0.3 is 11.1 Å². The molecule has 16 heavy (non-hydrogen) atoms. The molecule has 0 radical (unpaired) electrons. The number of hydrogen-bond donors (Lipinski definition) is 2. The number of hydrogen-bond acceptors (Lipinski definition) is 4. The van der Waals surface area contributed by atoms with Crippen molar-refractivity contribution >= 4 is 29.7 Å². The Labute approximate surface area is 98.4 Å². The van der Waals surface area contributed by atoms with Crippen molar-refractivity contribution < 1.29 is 9.72 Å². The summed E-state index contributed by atoms with van der Waals surface area (Å²) in [5.74, 6) is -0.349. The highest BCUT2D eigenvalue weighted by molar-refractivity contribution is 5.91. The second kappa shape index (κ2) is 6.04. The van der Waals surface area contributed by atoms with Gasteiger partial charge in [0.1, 0.15) is 5.69 Å². The highest BCUT2D eigenvalue weighted by atomic mass is 35.5. The van der Waals surface area contributed by atoms with Gasteiger partial charge in [-0.2, -0.15) is 0 Å². The number of nitrogens with one attached hydrogen (secondary N) is 1. The minimum atomic E-state index is -0.551. The zero-order chi connectivity index (χ0) is 11.4. The van der Waals surface area contributed by atoms with Gasteiger partial charge in [0.2, 0.25) is 5.91 Å². The van der Waals surface area contributed by atoms with Gasteiger partial charge in [0.15, 0.2) is 0 Å². The standard InChI is InChI=1S/C9H11N3O3.ClH/c1-6(13)11-8-3-2-7(5-10)4-9(8)12(14)15;/h2-4H,5,10H2,1H3,(H,11,13);1H. The molecule has 0 spiro atoms. The van der Waals surface area contributed by atoms with Crippen molar-refractivity contribution in [3.63, 3.8) is 0 Å². The fraction of sp³-hybridized carbons (Fsp3) is 0.222. The van der Waals surface area contributed by atoms with E-state index < -0.39 is 4.92 Å². The topological polar surface area (TPSA) is 98.3 Å². The third kappa shape index (κ3) is 3.48. The molecule has 0 bridgehead atoms. The number of amides is 1. The lowest BCUT2D eigenvalue weighted by Gasteiger charge is -2.04. The fourth-order valence-electron chi connectivity index (χ4n) is 1.15. The van der Waals surface area contributed by atoms with Crippen LogP contribution in [-0.2, 0) is 11.3 Å². The molecule has 0 atom stereocenters. The number of halogens is 1. The molecular formula is C9H12ClN3O3. The average Bonchev–Trinajstić information content (AvgIpc) is 2.17. The maximum absolute atomic E-state index is 10.8. The summed E-state index contributed by atoms with van der Waals surface area (Å²) in [7, 11) is 0. The van der Waals surface area contributed by atoms with Gasteiger partial charge in [0.25, 0.3) is 5.69 Å². The first-order chi connectivity index (χ1) is 7.04. The Balaban J connectivity index is 0.00000225. The zero-order valence-corrected chi connectivity index (χ0v) is 9.41. The molecule has 0 aliphatic heterocycles. The SMILES string of the molecule is CC(=O)Nc1ccc(CN)cc1[N+](=O)[O-].Cl. The highest BCUT2D eigenvalue weighted by Gasteiger charge is 2.14. The van der Waals surface area contributed by atoms with Crippen LogP contribution in [0, 0.1) is 10.1 Å². The fourth-order valence-corrected chi connectivity index (χ4v) is 1.15. The van der Waals surface area contributed by atoms with Gasteiger partial charge in [0.05, 0.1) is 4.92 Å². The molecule has 1 rings (SSSR count). The van der Waals surface area contributed by atoms with Crippen LogP contribution in [0.4, 0.5) is 11.4 Å². The van der Waals surface area contributed by atoms with Crippen LogP contribution >= 0.6 is 12.4 Å². The second-order valence-electron chi connectivity index (χ2n) is 2.99. The van der Waals surface area contributed by atoms with Crippen LogP contribution in [-0.4, -0.2) is 10.8 Å². The predicted molar refractivity (Wildman–Crippen MR) is 62.5 cm³/mol. The smallest absolute Gasteiger partial charge is 0.293 e. The van der Waals surface area contributed by atoms with Crippen LogP contribution < -0.4 is 11.1 Å². The van der Waals surface area contributed by atoms with E-state index in [9.17, 15) is 14.9 Å². The van der Waals surface area contributed by atoms with Crippen molar-refractivity contribution in [2.75, 3.05) is 5.32 Å². The number of carbonyl (C=O) groups excluding carboxylic acids is 1. The van der Waals surface area contributed by atoms with Crippen molar-refractivity contribution in [2.24, 2.45) is 5.73 Å². The van der Waals surface area contributed by atoms with Crippen LogP contribution in [0.2, 0.25) is 0 Å². The molecule has 1 aromatic rings. The van der Waals surface area contributed by atoms with E-state index in [4.69, 9.17) is 5.73 Å². The van der Waals surface area contributed by atoms with Crippen molar-refractivity contribution in [1.82, 2.24) is 0 Å². The average molecular weight is 246 g/mol. The lowest BCUT2D eigenvalue weighted by atomic mass is 10.1. The zero-order valence-electron chi connectivity index (χ0n) is 8.60. The molecule has 0 saturated carbocycles. The summed E-state index contributed by atoms with van der Waals surface area (Å²) >= 11 is 0. The van der Waals surface area contributed by atoms with Crippen LogP contribution in [0.3, 0.4) is 0 Å². The molecular weight excluding hydrogens is 234 g/mol. The highest BCUT2D eigenvalue weighted by Crippen LogP contribution is 2.25. The number of nitrogens with zero attached hydrogens (tertiary/aromatic N) is 1. The van der Waals surface area contributed by atoms with Crippen LogP contribution in [0.15, 0.2) is 18.2 Å². The summed E-state index contributed by atoms with van der Waals surface area (Å²) in [6, 6.07) is 4.46. The summed E-state index contributed by atoms with van der Waals surface area (Å²) in [6.45, 7) is 1.52. The quantitative estimate of drug-likeness (QED) is 0.622. The third-order valence-electron chi connectivity index (χ3n) is 1.81. The first-order valence-corrected chi connectivity index (χ1v) is 4.29. The summed E-state index contributed by atoms with van der Waals surface area (Å²) in [6.07, 6.45) is 0. The first-order valence-electron chi connectivity index (χ1n) is 4.29. The van der Waals surface area contributed by atoms with E-state index in [0.29, 0.717) is 5.56 Å². The largest absolute Gasteiger partial charge is 0.326 e. The second-order valence-corrected chi connectivity index (χ2v) is 2.99. The van der Waals surface area contributed by atoms with E-state index in [0.717, 1.165) is 0 Å². The van der Waals surface area contributed by atoms with Crippen LogP contribution in [0.25, 0.3) is 0 Å². The lowest BCUT2D eigenvalue weighted by Crippen LogP contribution is -2.08. The number of benzene rings is 1. The van der Waals surface area contributed by atoms with E-state index >= 15 is 0 Å². The van der Waals surface area contributed by atoms with E-state index in [2.05, 4.69) is 5.32 Å². The molecule has 6 nitrogen and oxygen atoms in total. The minimum absolute atomic E-state index is 0. The molecule has 0 heterocycles. The number of carbonyl (C=O) groups is 1. The number of anilines is 1. The van der Waals surface area contributed by atoms with E-state index in [1.54, 1.807) is 6.07 Å². The summed E-state index contributed by atoms with van der Waals surface area (Å²) in [4.78, 5) is 20.9. The Morgan fingerprint density at radius 2 is 2.19 bits per heavy atom. The summed E-state index contributed by atoms with van der Waals surface area (Å²) in [5, 5.41) is 13.1. The van der Waals surface area contributed by atoms with Gasteiger partial charge in [-0.3, -0.25) is 14.9 Å². The van der Waals surface area contributed by atoms with Gasteiger partial charge >= 0.3 is 0 Å². The number of nitrogens with two attached hydrogens (primary N) is 1. The maximum atomic E-state index is 10.8. The first kappa shape index (κ1) is 14.3. The van der Waals surface area contributed by atoms with Gasteiger partial charge in [-0.05, 0) is 11.6 Å². The number of nitro benzene ring substituents is 1. The Bertz CT molecular complexity index is 409. The molecule has 1 aromatic carbocycles. The normalized spacial score (nSPS) is 9.12. The molecule has 7 heteroatoms. The Morgan fingerprint density at radius 3 is 2.62 bits per heavy atom. The molecule has 0 aliphatic rings. The summed E-state index contributed by atoms with van der Waals surface area (Å²) in [5.41, 5.74) is 6.05. The van der Waals surface area contributed by atoms with Crippen molar-refractivity contribution in [2.45, 2.75) is 13.5 Å². The minimum Gasteiger partial charge on any atom is -0.326 e. The number of rotatable bonds is 3. The van der Waals surface area contributed by atoms with Crippen LogP contribution in [0.1, 0.15) is 12.5 Å². The maximum Gasteiger partial charge on any atom is 0.293 e. The van der Waals surface area contributed by atoms with E-state index in [-0.39, 0.29) is 36.2 Å². The lowest BCUT2D eigenvalue weighted by molar-refractivity contribution is -0.384. The Morgan fingerprint density at radius 1 is 1.56 bits per heavy atom. The van der Waals surface area contributed by atoms with Gasteiger partial charge in [0, 0.05) is 19.5 Å². The van der Waals surface area contributed by atoms with Crippen LogP contribution in [0.5, 0.6) is 0 Å². The molecule has 88 valence electrons. The molecule has 3 N–H and O–H groups in total. The van der Waals surface area contributed by atoms with Gasteiger partial charge in [-0.25, -0.2) is 0 Å². The van der Waals surface area contributed by atoms with Gasteiger partial charge in [-0.1, -0.05) is 6.07 Å². The predicted octanol–water partition coefficient (Wildman–Crippen LogP) is 1.43. The molecule has 1 amide bonds. The van der Waals surface area contributed by atoms with E-state index in [1.807, 2.05) is 0 Å². The molecule has 0 fully saturated rings. The molecule has 0 saturated heterocycles. The Kier molecular flexibility index (Phi) is 5.41. The van der Waals surface area contributed by atoms with Crippen molar-refractivity contribution in [1.29, 1.82) is 0 Å². The van der Waals surface area contributed by atoms with E-state index in [1.165, 1.54) is 19.1 Å². The monoisotopic (exact) mass is 245 g/mol. The van der Waals surface area contributed by atoms with Crippen molar-refractivity contribution in [3.8, 4) is 0 Å². The van der Waals surface area contributed by atoms with Gasteiger partial charge in [-0.15, -0.1) is 12.4 Å². The Hall–Kier alpha value is -1.66. The summed E-state index contributed by atoms with van der Waals surface area (Å²) < 4.78 is 0. The molecule has 0 aliphatic carbocycles. The third-order valence-corrected chi connectivity index (χ3v) is 1.81. The molecule has 0 unspecified atom stereocenters. The van der Waals surface area contributed by atoms with Crippen molar-refractivity contribution in [3.05, 3.63) is 33.9 Å².